The molecule has 1 aromatic carbocycles. The van der Waals surface area contributed by atoms with Crippen molar-refractivity contribution in [2.24, 2.45) is 0 Å². The highest BCUT2D eigenvalue weighted by Crippen LogP contribution is 2.23. The third-order valence-electron chi connectivity index (χ3n) is 6.08. The summed E-state index contributed by atoms with van der Waals surface area (Å²) in [4.78, 5) is 19.0. The summed E-state index contributed by atoms with van der Waals surface area (Å²) < 4.78 is 5.60. The number of hydrogen-bond acceptors (Lipinski definition) is 4. The molecule has 1 aromatic rings. The largest absolute Gasteiger partial charge is 0.381 e. The number of rotatable bonds is 7. The summed E-state index contributed by atoms with van der Waals surface area (Å²) in [5, 5.41) is 0.782. The van der Waals surface area contributed by atoms with E-state index in [1.54, 1.807) is 6.92 Å². The van der Waals surface area contributed by atoms with E-state index in [4.69, 9.17) is 16.3 Å². The lowest BCUT2D eigenvalue weighted by atomic mass is 9.98. The second kappa shape index (κ2) is 10.6. The number of likely N-dealkylation sites (tertiary alicyclic amines) is 1. The topological polar surface area (TPSA) is 36.0 Å². The van der Waals surface area contributed by atoms with Crippen LogP contribution >= 0.6 is 11.6 Å². The summed E-state index contributed by atoms with van der Waals surface area (Å²) in [5.74, 6) is 0.205. The van der Waals surface area contributed by atoms with Gasteiger partial charge in [-0.3, -0.25) is 9.69 Å². The molecule has 0 saturated carbocycles. The van der Waals surface area contributed by atoms with E-state index < -0.39 is 0 Å². The van der Waals surface area contributed by atoms with Gasteiger partial charge in [-0.1, -0.05) is 23.7 Å². The molecule has 0 N–H and O–H groups in total. The van der Waals surface area contributed by atoms with Gasteiger partial charge in [-0.15, -0.1) is 0 Å². The maximum atomic E-state index is 11.9. The van der Waals surface area contributed by atoms with E-state index in [0.717, 1.165) is 70.2 Å². The van der Waals surface area contributed by atoms with Crippen molar-refractivity contribution >= 4 is 17.5 Å². The van der Waals surface area contributed by atoms with Gasteiger partial charge in [0.15, 0.2) is 0 Å². The van der Waals surface area contributed by atoms with Gasteiger partial charge in [0.2, 0.25) is 5.91 Å². The average Bonchev–Trinajstić information content (AvgIpc) is 2.71. The van der Waals surface area contributed by atoms with E-state index >= 15 is 0 Å². The van der Waals surface area contributed by atoms with Crippen LogP contribution in [0.1, 0.15) is 38.2 Å². The minimum Gasteiger partial charge on any atom is -0.381 e. The number of nitrogens with zero attached hydrogens (tertiary/aromatic N) is 3. The molecule has 2 aliphatic heterocycles. The third-order valence-corrected chi connectivity index (χ3v) is 6.33. The predicted octanol–water partition coefficient (Wildman–Crippen LogP) is 3.26. The smallest absolute Gasteiger partial charge is 0.219 e. The molecule has 1 unspecified atom stereocenters. The van der Waals surface area contributed by atoms with Crippen LogP contribution in [0.4, 0.5) is 0 Å². The fraction of sp³-hybridized carbons (Fsp3) is 0.682. The second-order valence-electron chi connectivity index (χ2n) is 8.21. The van der Waals surface area contributed by atoms with Crippen LogP contribution < -0.4 is 0 Å². The number of carbonyl (C=O) groups excluding carboxylic acids is 1. The Morgan fingerprint density at radius 2 is 1.86 bits per heavy atom. The molecule has 3 rings (SSSR count). The first-order valence-electron chi connectivity index (χ1n) is 10.5. The Labute approximate surface area is 174 Å². The van der Waals surface area contributed by atoms with Crippen molar-refractivity contribution in [3.8, 4) is 0 Å². The maximum Gasteiger partial charge on any atom is 0.219 e. The van der Waals surface area contributed by atoms with Crippen LogP contribution in [0, 0.1) is 0 Å². The minimum absolute atomic E-state index is 0.205. The first-order chi connectivity index (χ1) is 13.5. The van der Waals surface area contributed by atoms with Gasteiger partial charge in [-0.25, -0.2) is 0 Å². The van der Waals surface area contributed by atoms with Gasteiger partial charge >= 0.3 is 0 Å². The van der Waals surface area contributed by atoms with Gasteiger partial charge in [0, 0.05) is 70.0 Å². The molecular weight excluding hydrogens is 374 g/mol. The molecule has 156 valence electrons. The number of halogens is 1. The predicted molar refractivity (Wildman–Crippen MR) is 114 cm³/mol. The summed E-state index contributed by atoms with van der Waals surface area (Å²) >= 11 is 6.00. The van der Waals surface area contributed by atoms with Crippen LogP contribution in [0.15, 0.2) is 24.3 Å². The van der Waals surface area contributed by atoms with E-state index in [-0.39, 0.29) is 5.91 Å². The van der Waals surface area contributed by atoms with Crippen LogP contribution in [-0.2, 0) is 16.1 Å². The van der Waals surface area contributed by atoms with Crippen LogP contribution in [0.5, 0.6) is 0 Å². The highest BCUT2D eigenvalue weighted by Gasteiger charge is 2.31. The first kappa shape index (κ1) is 21.6. The quantitative estimate of drug-likeness (QED) is 0.695. The molecular formula is C22H34ClN3O2. The van der Waals surface area contributed by atoms with Gasteiger partial charge in [0.25, 0.3) is 0 Å². The zero-order valence-electron chi connectivity index (χ0n) is 17.3. The average molecular weight is 408 g/mol. The molecule has 2 fully saturated rings. The number of hydrogen-bond donors (Lipinski definition) is 0. The molecule has 2 heterocycles. The molecule has 5 nitrogen and oxygen atoms in total. The van der Waals surface area contributed by atoms with Gasteiger partial charge in [0.05, 0.1) is 0 Å². The summed E-state index contributed by atoms with van der Waals surface area (Å²) in [6.45, 7) is 8.14. The van der Waals surface area contributed by atoms with Gasteiger partial charge in [0.1, 0.15) is 0 Å². The molecule has 2 saturated heterocycles. The Kier molecular flexibility index (Phi) is 8.15. The van der Waals surface area contributed by atoms with Crippen molar-refractivity contribution in [1.82, 2.24) is 14.7 Å². The number of carbonyl (C=O) groups is 1. The van der Waals surface area contributed by atoms with Crippen molar-refractivity contribution < 1.29 is 9.53 Å². The highest BCUT2D eigenvalue weighted by atomic mass is 35.5. The molecule has 0 spiro atoms. The standard InChI is InChI=1S/C22H34ClN3O2/c1-18(27)25-11-3-4-22(17-25)26(21-9-14-28-15-10-21)13-12-24(2)16-19-5-7-20(23)8-6-19/h5-8,21-22H,3-4,9-17H2,1-2H3. The number of ether oxygens (including phenoxy) is 1. The van der Waals surface area contributed by atoms with Crippen LogP contribution in [-0.4, -0.2) is 79.1 Å². The number of amides is 1. The Morgan fingerprint density at radius 1 is 1.14 bits per heavy atom. The number of likely N-dealkylation sites (N-methyl/N-ethyl adjacent to an activating group) is 1. The van der Waals surface area contributed by atoms with E-state index in [1.807, 2.05) is 17.0 Å². The third kappa shape index (κ3) is 6.18. The maximum absolute atomic E-state index is 11.9. The van der Waals surface area contributed by atoms with Crippen molar-refractivity contribution in [1.29, 1.82) is 0 Å². The van der Waals surface area contributed by atoms with E-state index in [1.165, 1.54) is 12.0 Å². The number of benzene rings is 1. The summed E-state index contributed by atoms with van der Waals surface area (Å²) in [6, 6.07) is 9.14. The molecule has 6 heteroatoms. The van der Waals surface area contributed by atoms with Crippen LogP contribution in [0.3, 0.4) is 0 Å². The normalized spacial score (nSPS) is 21.5. The molecule has 0 bridgehead atoms. The van der Waals surface area contributed by atoms with Crippen molar-refractivity contribution in [2.75, 3.05) is 46.4 Å². The van der Waals surface area contributed by atoms with Crippen molar-refractivity contribution in [3.63, 3.8) is 0 Å². The Bertz CT molecular complexity index is 619. The molecule has 0 aliphatic carbocycles. The Hall–Kier alpha value is -1.14. The van der Waals surface area contributed by atoms with Crippen molar-refractivity contribution in [3.05, 3.63) is 34.9 Å². The van der Waals surface area contributed by atoms with E-state index in [0.29, 0.717) is 12.1 Å². The van der Waals surface area contributed by atoms with Gasteiger partial charge in [-0.05, 0) is 50.4 Å². The number of piperidine rings is 1. The lowest BCUT2D eigenvalue weighted by Crippen LogP contribution is -2.55. The molecule has 1 atom stereocenters. The summed E-state index contributed by atoms with van der Waals surface area (Å²) in [5.41, 5.74) is 1.28. The minimum atomic E-state index is 0.205. The molecule has 2 aliphatic rings. The highest BCUT2D eigenvalue weighted by molar-refractivity contribution is 6.30. The van der Waals surface area contributed by atoms with Gasteiger partial charge < -0.3 is 14.5 Å². The SMILES string of the molecule is CC(=O)N1CCCC(N(CCN(C)Cc2ccc(Cl)cc2)C2CCOCC2)C1. The van der Waals surface area contributed by atoms with E-state index in [9.17, 15) is 4.79 Å². The monoisotopic (exact) mass is 407 g/mol. The molecule has 1 amide bonds. The zero-order valence-corrected chi connectivity index (χ0v) is 18.0. The van der Waals surface area contributed by atoms with Crippen LogP contribution in [0.2, 0.25) is 5.02 Å². The lowest BCUT2D eigenvalue weighted by Gasteiger charge is -2.44. The zero-order chi connectivity index (χ0) is 19.9. The molecule has 0 radical (unpaired) electrons. The fourth-order valence-electron chi connectivity index (χ4n) is 4.46. The summed E-state index contributed by atoms with van der Waals surface area (Å²) in [7, 11) is 2.18. The fourth-order valence-corrected chi connectivity index (χ4v) is 4.58. The van der Waals surface area contributed by atoms with Gasteiger partial charge in [-0.2, -0.15) is 0 Å². The first-order valence-corrected chi connectivity index (χ1v) is 10.9. The second-order valence-corrected chi connectivity index (χ2v) is 8.64. The lowest BCUT2D eigenvalue weighted by molar-refractivity contribution is -0.131. The van der Waals surface area contributed by atoms with E-state index in [2.05, 4.69) is 29.0 Å². The van der Waals surface area contributed by atoms with Crippen molar-refractivity contribution in [2.45, 2.75) is 51.2 Å². The Balaban J connectivity index is 1.60. The Morgan fingerprint density at radius 3 is 2.54 bits per heavy atom. The van der Waals surface area contributed by atoms with Crippen LogP contribution in [0.25, 0.3) is 0 Å². The summed E-state index contributed by atoms with van der Waals surface area (Å²) in [6.07, 6.45) is 4.47. The molecule has 0 aromatic heterocycles. The molecule has 28 heavy (non-hydrogen) atoms.